The van der Waals surface area contributed by atoms with Crippen molar-refractivity contribution in [1.29, 1.82) is 0 Å². The van der Waals surface area contributed by atoms with E-state index in [0.29, 0.717) is 17.3 Å². The summed E-state index contributed by atoms with van der Waals surface area (Å²) >= 11 is 4.59. The lowest BCUT2D eigenvalue weighted by Gasteiger charge is -2.37. The molecule has 0 atom stereocenters. The predicted octanol–water partition coefficient (Wildman–Crippen LogP) is 2.86. The number of hydrogen-bond donors (Lipinski definition) is 0. The third kappa shape index (κ3) is 4.04. The minimum absolute atomic E-state index is 0.250. The molecule has 20 heavy (non-hydrogen) atoms. The van der Waals surface area contributed by atoms with Gasteiger partial charge in [-0.15, -0.1) is 11.3 Å². The number of nitrogens with zero attached hydrogens (tertiary/aromatic N) is 2. The van der Waals surface area contributed by atoms with Crippen LogP contribution in [0.3, 0.4) is 0 Å². The van der Waals surface area contributed by atoms with Gasteiger partial charge in [0.2, 0.25) is 0 Å². The van der Waals surface area contributed by atoms with E-state index in [9.17, 15) is 8.42 Å². The predicted molar refractivity (Wildman–Crippen MR) is 86.7 cm³/mol. The van der Waals surface area contributed by atoms with Gasteiger partial charge in [-0.2, -0.15) is 4.31 Å². The molecule has 4 nitrogen and oxygen atoms in total. The summed E-state index contributed by atoms with van der Waals surface area (Å²) < 4.78 is 27.9. The summed E-state index contributed by atoms with van der Waals surface area (Å²) in [6.07, 6.45) is 0. The average molecular weight is 381 g/mol. The van der Waals surface area contributed by atoms with Gasteiger partial charge in [0.1, 0.15) is 4.21 Å². The highest BCUT2D eigenvalue weighted by Gasteiger charge is 2.30. The summed E-state index contributed by atoms with van der Waals surface area (Å²) in [5, 5.41) is 0. The van der Waals surface area contributed by atoms with Gasteiger partial charge < -0.3 is 4.90 Å². The third-order valence-corrected chi connectivity index (χ3v) is 7.16. The SMILES string of the molecule is CC(C)(C)CN1CCN(S(=O)(=O)c2ccc(Br)s2)CC1. The van der Waals surface area contributed by atoms with Crippen LogP contribution in [-0.4, -0.2) is 50.3 Å². The van der Waals surface area contributed by atoms with Crippen LogP contribution in [0.25, 0.3) is 0 Å². The number of rotatable bonds is 3. The van der Waals surface area contributed by atoms with Crippen molar-refractivity contribution >= 4 is 37.3 Å². The van der Waals surface area contributed by atoms with Gasteiger partial charge >= 0.3 is 0 Å². The molecule has 1 aliphatic rings. The molecule has 0 N–H and O–H groups in total. The standard InChI is InChI=1S/C13H21BrN2O2S2/c1-13(2,3)10-15-6-8-16(9-7-15)20(17,18)12-5-4-11(14)19-12/h4-5H,6-10H2,1-3H3. The zero-order chi connectivity index (χ0) is 15.0. The van der Waals surface area contributed by atoms with Crippen molar-refractivity contribution in [3.8, 4) is 0 Å². The molecule has 0 radical (unpaired) electrons. The van der Waals surface area contributed by atoms with E-state index >= 15 is 0 Å². The van der Waals surface area contributed by atoms with Crippen LogP contribution in [-0.2, 0) is 10.0 Å². The van der Waals surface area contributed by atoms with Crippen LogP contribution in [0.15, 0.2) is 20.1 Å². The molecule has 1 aromatic rings. The highest BCUT2D eigenvalue weighted by molar-refractivity contribution is 9.11. The maximum atomic E-state index is 12.5. The molecule has 0 aliphatic carbocycles. The Balaban J connectivity index is 2.00. The first-order valence-electron chi connectivity index (χ1n) is 6.66. The first-order valence-corrected chi connectivity index (χ1v) is 9.71. The summed E-state index contributed by atoms with van der Waals surface area (Å²) in [5.74, 6) is 0. The lowest BCUT2D eigenvalue weighted by Crippen LogP contribution is -2.50. The second kappa shape index (κ2) is 6.04. The molecule has 0 saturated carbocycles. The summed E-state index contributed by atoms with van der Waals surface area (Å²) in [6.45, 7) is 10.4. The molecule has 0 unspecified atom stereocenters. The first kappa shape index (κ1) is 16.4. The van der Waals surface area contributed by atoms with E-state index in [1.807, 2.05) is 0 Å². The molecular formula is C13H21BrN2O2S2. The highest BCUT2D eigenvalue weighted by Crippen LogP contribution is 2.29. The molecule has 1 fully saturated rings. The summed E-state index contributed by atoms with van der Waals surface area (Å²) in [4.78, 5) is 2.34. The van der Waals surface area contributed by atoms with Crippen LogP contribution in [0, 0.1) is 5.41 Å². The van der Waals surface area contributed by atoms with E-state index in [2.05, 4.69) is 41.6 Å². The Labute approximate surface area is 133 Å². The number of hydrogen-bond acceptors (Lipinski definition) is 4. The molecule has 114 valence electrons. The lowest BCUT2D eigenvalue weighted by atomic mass is 9.96. The molecule has 0 amide bonds. The second-order valence-electron chi connectivity index (χ2n) is 6.30. The van der Waals surface area contributed by atoms with Gasteiger partial charge in [0.15, 0.2) is 0 Å². The van der Waals surface area contributed by atoms with Crippen molar-refractivity contribution in [2.24, 2.45) is 5.41 Å². The van der Waals surface area contributed by atoms with Crippen molar-refractivity contribution in [3.05, 3.63) is 15.9 Å². The zero-order valence-corrected chi connectivity index (χ0v) is 15.3. The minimum atomic E-state index is -3.31. The first-order chi connectivity index (χ1) is 9.18. The smallest absolute Gasteiger partial charge is 0.252 e. The fourth-order valence-corrected chi connectivity index (χ4v) is 5.95. The largest absolute Gasteiger partial charge is 0.300 e. The van der Waals surface area contributed by atoms with Gasteiger partial charge in [0.25, 0.3) is 10.0 Å². The van der Waals surface area contributed by atoms with Gasteiger partial charge in [-0.3, -0.25) is 0 Å². The highest BCUT2D eigenvalue weighted by atomic mass is 79.9. The van der Waals surface area contributed by atoms with Gasteiger partial charge in [-0.05, 0) is 33.5 Å². The molecule has 1 aromatic heterocycles. The third-order valence-electron chi connectivity index (χ3n) is 3.17. The number of halogens is 1. The molecule has 0 bridgehead atoms. The fraction of sp³-hybridized carbons (Fsp3) is 0.692. The van der Waals surface area contributed by atoms with E-state index in [1.54, 1.807) is 16.4 Å². The topological polar surface area (TPSA) is 40.6 Å². The number of sulfonamides is 1. The zero-order valence-electron chi connectivity index (χ0n) is 12.1. The summed E-state index contributed by atoms with van der Waals surface area (Å²) in [6, 6.07) is 3.46. The maximum absolute atomic E-state index is 12.5. The van der Waals surface area contributed by atoms with Crippen LogP contribution in [0.5, 0.6) is 0 Å². The molecular weight excluding hydrogens is 360 g/mol. The van der Waals surface area contributed by atoms with Crippen LogP contribution in [0.1, 0.15) is 20.8 Å². The fourth-order valence-electron chi connectivity index (χ4n) is 2.36. The lowest BCUT2D eigenvalue weighted by molar-refractivity contribution is 0.141. The summed E-state index contributed by atoms with van der Waals surface area (Å²) in [5.41, 5.74) is 0.250. The van der Waals surface area contributed by atoms with Gasteiger partial charge in [0, 0.05) is 32.7 Å². The van der Waals surface area contributed by atoms with E-state index < -0.39 is 10.0 Å². The van der Waals surface area contributed by atoms with E-state index in [1.165, 1.54) is 11.3 Å². The van der Waals surface area contributed by atoms with Crippen LogP contribution in [0.2, 0.25) is 0 Å². The Hall–Kier alpha value is 0.0500. The minimum Gasteiger partial charge on any atom is -0.300 e. The molecule has 1 aliphatic heterocycles. The number of piperazine rings is 1. The molecule has 2 rings (SSSR count). The van der Waals surface area contributed by atoms with Crippen LogP contribution >= 0.6 is 27.3 Å². The van der Waals surface area contributed by atoms with Crippen molar-refractivity contribution < 1.29 is 8.42 Å². The quantitative estimate of drug-likeness (QED) is 0.809. The molecule has 2 heterocycles. The van der Waals surface area contributed by atoms with Crippen molar-refractivity contribution in [2.45, 2.75) is 25.0 Å². The Kier molecular flexibility index (Phi) is 4.96. The van der Waals surface area contributed by atoms with Crippen molar-refractivity contribution in [1.82, 2.24) is 9.21 Å². The van der Waals surface area contributed by atoms with Crippen LogP contribution in [0.4, 0.5) is 0 Å². The Bertz CT molecular complexity index is 555. The van der Waals surface area contributed by atoms with Crippen LogP contribution < -0.4 is 0 Å². The van der Waals surface area contributed by atoms with Crippen molar-refractivity contribution in [3.63, 3.8) is 0 Å². The normalized spacial score (nSPS) is 19.4. The molecule has 0 aromatic carbocycles. The van der Waals surface area contributed by atoms with E-state index in [0.717, 1.165) is 23.4 Å². The molecule has 0 spiro atoms. The maximum Gasteiger partial charge on any atom is 0.252 e. The molecule has 7 heteroatoms. The van der Waals surface area contributed by atoms with E-state index in [4.69, 9.17) is 0 Å². The Morgan fingerprint density at radius 2 is 1.80 bits per heavy atom. The number of thiophene rings is 1. The van der Waals surface area contributed by atoms with Gasteiger partial charge in [-0.25, -0.2) is 8.42 Å². The van der Waals surface area contributed by atoms with Gasteiger partial charge in [-0.1, -0.05) is 20.8 Å². The second-order valence-corrected chi connectivity index (χ2v) is 10.9. The average Bonchev–Trinajstić information content (AvgIpc) is 2.75. The Morgan fingerprint density at radius 1 is 1.20 bits per heavy atom. The Morgan fingerprint density at radius 3 is 2.25 bits per heavy atom. The monoisotopic (exact) mass is 380 g/mol. The molecule has 1 saturated heterocycles. The van der Waals surface area contributed by atoms with E-state index in [-0.39, 0.29) is 5.41 Å². The van der Waals surface area contributed by atoms with Crippen molar-refractivity contribution in [2.75, 3.05) is 32.7 Å². The summed E-state index contributed by atoms with van der Waals surface area (Å²) in [7, 11) is -3.31. The van der Waals surface area contributed by atoms with Gasteiger partial charge in [0.05, 0.1) is 3.79 Å².